The largest absolute Gasteiger partial charge is 0.495 e. The van der Waals surface area contributed by atoms with Crippen molar-refractivity contribution in [2.24, 2.45) is 0 Å². The predicted molar refractivity (Wildman–Crippen MR) is 50.5 cm³/mol. The standard InChI is InChI=1S/C9H10BrNO/c1-12-9-6-3-2-4-8(6)11-5-7(9)10/h5H,2-4H2,1H3. The number of rotatable bonds is 1. The Morgan fingerprint density at radius 3 is 3.08 bits per heavy atom. The molecule has 0 unspecified atom stereocenters. The normalized spacial score (nSPS) is 14.5. The van der Waals surface area contributed by atoms with Crippen molar-refractivity contribution in [1.29, 1.82) is 0 Å². The Kier molecular flexibility index (Phi) is 2.05. The van der Waals surface area contributed by atoms with E-state index in [1.165, 1.54) is 17.7 Å². The molecule has 0 bridgehead atoms. The van der Waals surface area contributed by atoms with Gasteiger partial charge in [-0.05, 0) is 35.2 Å². The summed E-state index contributed by atoms with van der Waals surface area (Å²) in [6.07, 6.45) is 5.22. The molecule has 0 fully saturated rings. The van der Waals surface area contributed by atoms with Gasteiger partial charge in [-0.2, -0.15) is 0 Å². The fraction of sp³-hybridized carbons (Fsp3) is 0.444. The van der Waals surface area contributed by atoms with Crippen molar-refractivity contribution < 1.29 is 4.74 Å². The van der Waals surface area contributed by atoms with Crippen LogP contribution in [-0.4, -0.2) is 12.1 Å². The van der Waals surface area contributed by atoms with Crippen LogP contribution < -0.4 is 4.74 Å². The molecule has 2 nitrogen and oxygen atoms in total. The van der Waals surface area contributed by atoms with Gasteiger partial charge in [-0.3, -0.25) is 4.98 Å². The third-order valence-corrected chi connectivity index (χ3v) is 2.78. The average molecular weight is 228 g/mol. The smallest absolute Gasteiger partial charge is 0.139 e. The Morgan fingerprint density at radius 2 is 2.33 bits per heavy atom. The highest BCUT2D eigenvalue weighted by Crippen LogP contribution is 2.34. The summed E-state index contributed by atoms with van der Waals surface area (Å²) in [4.78, 5) is 4.34. The van der Waals surface area contributed by atoms with Gasteiger partial charge in [-0.25, -0.2) is 0 Å². The third-order valence-electron chi connectivity index (χ3n) is 2.22. The summed E-state index contributed by atoms with van der Waals surface area (Å²) in [5.41, 5.74) is 2.49. The van der Waals surface area contributed by atoms with Gasteiger partial charge in [0.2, 0.25) is 0 Å². The summed E-state index contributed by atoms with van der Waals surface area (Å²) in [7, 11) is 1.71. The molecule has 0 aromatic carbocycles. The van der Waals surface area contributed by atoms with E-state index in [4.69, 9.17) is 4.74 Å². The van der Waals surface area contributed by atoms with Gasteiger partial charge in [0.25, 0.3) is 0 Å². The first kappa shape index (κ1) is 8.05. The molecule has 12 heavy (non-hydrogen) atoms. The highest BCUT2D eigenvalue weighted by atomic mass is 79.9. The number of fused-ring (bicyclic) bond motifs is 1. The van der Waals surface area contributed by atoms with Gasteiger partial charge in [-0.1, -0.05) is 0 Å². The van der Waals surface area contributed by atoms with Crippen LogP contribution in [0.2, 0.25) is 0 Å². The van der Waals surface area contributed by atoms with E-state index >= 15 is 0 Å². The minimum atomic E-state index is 0.964. The van der Waals surface area contributed by atoms with Crippen molar-refractivity contribution in [2.75, 3.05) is 7.11 Å². The summed E-state index contributed by atoms with van der Waals surface area (Å²) < 4.78 is 6.26. The number of aryl methyl sites for hydroxylation is 1. The monoisotopic (exact) mass is 227 g/mol. The second-order valence-corrected chi connectivity index (χ2v) is 3.77. The zero-order chi connectivity index (χ0) is 8.55. The minimum absolute atomic E-state index is 0.964. The molecule has 0 amide bonds. The quantitative estimate of drug-likeness (QED) is 0.735. The zero-order valence-corrected chi connectivity index (χ0v) is 8.52. The maximum atomic E-state index is 5.30. The summed E-state index contributed by atoms with van der Waals surface area (Å²) in [6.45, 7) is 0. The molecule has 0 N–H and O–H groups in total. The molecule has 1 aromatic rings. The van der Waals surface area contributed by atoms with E-state index in [0.717, 1.165) is 23.1 Å². The maximum absolute atomic E-state index is 5.30. The number of hydrogen-bond acceptors (Lipinski definition) is 2. The third kappa shape index (κ3) is 1.12. The molecule has 64 valence electrons. The summed E-state index contributed by atoms with van der Waals surface area (Å²) in [6, 6.07) is 0. The van der Waals surface area contributed by atoms with Crippen LogP contribution in [0.5, 0.6) is 5.75 Å². The zero-order valence-electron chi connectivity index (χ0n) is 6.93. The maximum Gasteiger partial charge on any atom is 0.139 e. The predicted octanol–water partition coefficient (Wildman–Crippen LogP) is 2.34. The number of halogens is 1. The van der Waals surface area contributed by atoms with Crippen LogP contribution in [0.1, 0.15) is 17.7 Å². The first-order chi connectivity index (χ1) is 5.83. The van der Waals surface area contributed by atoms with Crippen molar-refractivity contribution in [3.63, 3.8) is 0 Å². The molecule has 0 saturated heterocycles. The molecule has 1 aromatic heterocycles. The molecule has 0 atom stereocenters. The minimum Gasteiger partial charge on any atom is -0.495 e. The average Bonchev–Trinajstić information content (AvgIpc) is 2.52. The molecule has 1 aliphatic rings. The van der Waals surface area contributed by atoms with Crippen molar-refractivity contribution in [1.82, 2.24) is 4.98 Å². The number of hydrogen-bond donors (Lipinski definition) is 0. The number of methoxy groups -OCH3 is 1. The van der Waals surface area contributed by atoms with Gasteiger partial charge < -0.3 is 4.74 Å². The van der Waals surface area contributed by atoms with Gasteiger partial charge >= 0.3 is 0 Å². The number of ether oxygens (including phenoxy) is 1. The molecule has 3 heteroatoms. The van der Waals surface area contributed by atoms with Gasteiger partial charge in [0, 0.05) is 17.5 Å². The number of nitrogens with zero attached hydrogens (tertiary/aromatic N) is 1. The summed E-state index contributed by atoms with van der Waals surface area (Å²) in [5.74, 6) is 0.970. The topological polar surface area (TPSA) is 22.1 Å². The lowest BCUT2D eigenvalue weighted by Gasteiger charge is -2.07. The van der Waals surface area contributed by atoms with Crippen molar-refractivity contribution in [3.8, 4) is 5.75 Å². The van der Waals surface area contributed by atoms with E-state index in [-0.39, 0.29) is 0 Å². The molecule has 0 aliphatic heterocycles. The Morgan fingerprint density at radius 1 is 1.50 bits per heavy atom. The van der Waals surface area contributed by atoms with Gasteiger partial charge in [-0.15, -0.1) is 0 Å². The van der Waals surface area contributed by atoms with Crippen LogP contribution in [0.4, 0.5) is 0 Å². The van der Waals surface area contributed by atoms with Gasteiger partial charge in [0.05, 0.1) is 11.6 Å². The molecule has 1 aliphatic carbocycles. The Bertz CT molecular complexity index is 312. The van der Waals surface area contributed by atoms with Crippen molar-refractivity contribution in [3.05, 3.63) is 21.9 Å². The molecule has 0 radical (unpaired) electrons. The van der Waals surface area contributed by atoms with Crippen LogP contribution in [0, 0.1) is 0 Å². The fourth-order valence-corrected chi connectivity index (χ4v) is 2.18. The van der Waals surface area contributed by atoms with Crippen LogP contribution in [0.3, 0.4) is 0 Å². The van der Waals surface area contributed by atoms with Crippen LogP contribution in [-0.2, 0) is 12.8 Å². The lowest BCUT2D eigenvalue weighted by atomic mass is 10.2. The lowest BCUT2D eigenvalue weighted by Crippen LogP contribution is -1.94. The Balaban J connectivity index is 2.57. The lowest BCUT2D eigenvalue weighted by molar-refractivity contribution is 0.407. The summed E-state index contributed by atoms with van der Waals surface area (Å²) in [5, 5.41) is 0. The summed E-state index contributed by atoms with van der Waals surface area (Å²) >= 11 is 3.42. The van der Waals surface area contributed by atoms with Crippen LogP contribution in [0.15, 0.2) is 10.7 Å². The first-order valence-corrected chi connectivity index (χ1v) is 4.82. The van der Waals surface area contributed by atoms with Crippen LogP contribution >= 0.6 is 15.9 Å². The first-order valence-electron chi connectivity index (χ1n) is 4.03. The molecule has 0 spiro atoms. The van der Waals surface area contributed by atoms with Gasteiger partial charge in [0.1, 0.15) is 5.75 Å². The Labute approximate surface area is 80.1 Å². The van der Waals surface area contributed by atoms with E-state index in [2.05, 4.69) is 20.9 Å². The number of aromatic nitrogens is 1. The Hall–Kier alpha value is -0.570. The molecule has 1 heterocycles. The van der Waals surface area contributed by atoms with E-state index in [0.29, 0.717) is 0 Å². The second kappa shape index (κ2) is 3.05. The SMILES string of the molecule is COc1c(Br)cnc2c1CCC2. The van der Waals surface area contributed by atoms with Crippen molar-refractivity contribution >= 4 is 15.9 Å². The van der Waals surface area contributed by atoms with E-state index < -0.39 is 0 Å². The van der Waals surface area contributed by atoms with Crippen LogP contribution in [0.25, 0.3) is 0 Å². The molecule has 0 saturated carbocycles. The van der Waals surface area contributed by atoms with E-state index in [9.17, 15) is 0 Å². The van der Waals surface area contributed by atoms with Gasteiger partial charge in [0.15, 0.2) is 0 Å². The molecular weight excluding hydrogens is 218 g/mol. The second-order valence-electron chi connectivity index (χ2n) is 2.92. The highest BCUT2D eigenvalue weighted by Gasteiger charge is 2.18. The number of pyridine rings is 1. The van der Waals surface area contributed by atoms with Crippen molar-refractivity contribution in [2.45, 2.75) is 19.3 Å². The molecular formula is C9H10BrNO. The highest BCUT2D eigenvalue weighted by molar-refractivity contribution is 9.10. The van der Waals surface area contributed by atoms with E-state index in [1.54, 1.807) is 7.11 Å². The molecule has 2 rings (SSSR count). The fourth-order valence-electron chi connectivity index (χ4n) is 1.67. The van der Waals surface area contributed by atoms with E-state index in [1.807, 2.05) is 6.20 Å².